The van der Waals surface area contributed by atoms with E-state index in [1.54, 1.807) is 36.7 Å². The van der Waals surface area contributed by atoms with Gasteiger partial charge in [0.2, 0.25) is 10.0 Å². The minimum absolute atomic E-state index is 0. The molecule has 0 bridgehead atoms. The Labute approximate surface area is 256 Å². The first-order valence-electron chi connectivity index (χ1n) is 12.0. The number of aromatic carboxylic acids is 1. The molecule has 1 heterocycles. The molecule has 0 aliphatic heterocycles. The summed E-state index contributed by atoms with van der Waals surface area (Å²) in [6.07, 6.45) is 3.95. The second kappa shape index (κ2) is 14.7. The zero-order valence-corrected chi connectivity index (χ0v) is 25.1. The van der Waals surface area contributed by atoms with Crippen LogP contribution < -0.4 is 39.4 Å². The predicted octanol–water partition coefficient (Wildman–Crippen LogP) is 0.695. The van der Waals surface area contributed by atoms with Crippen molar-refractivity contribution in [3.8, 4) is 0 Å². The first-order valence-corrected chi connectivity index (χ1v) is 13.9. The molecule has 0 aliphatic rings. The molecular formula is C29H27ClN3NaO4S. The Balaban J connectivity index is 0.00000420. The number of nitrogens with one attached hydrogen (secondary N) is 1. The van der Waals surface area contributed by atoms with Crippen LogP contribution in [0.3, 0.4) is 0 Å². The minimum atomic E-state index is -3.82. The van der Waals surface area contributed by atoms with Crippen molar-refractivity contribution in [2.45, 2.75) is 30.4 Å². The molecule has 10 heteroatoms. The second-order valence-corrected chi connectivity index (χ2v) is 11.1. The molecule has 0 aliphatic carbocycles. The molecule has 7 nitrogen and oxygen atoms in total. The summed E-state index contributed by atoms with van der Waals surface area (Å²) in [6.45, 7) is 1.37. The molecule has 0 radical (unpaired) electrons. The van der Waals surface area contributed by atoms with Crippen LogP contribution >= 0.6 is 11.6 Å². The Morgan fingerprint density at radius 3 is 2.13 bits per heavy atom. The van der Waals surface area contributed by atoms with E-state index in [4.69, 9.17) is 11.6 Å². The number of nitrogens with zero attached hydrogens (tertiary/aromatic N) is 2. The fourth-order valence-corrected chi connectivity index (χ4v) is 5.55. The number of hydrogen-bond acceptors (Lipinski definition) is 6. The molecule has 4 rings (SSSR count). The van der Waals surface area contributed by atoms with Crippen molar-refractivity contribution in [2.75, 3.05) is 6.54 Å². The van der Waals surface area contributed by atoms with Gasteiger partial charge in [-0.05, 0) is 59.0 Å². The van der Waals surface area contributed by atoms with Crippen molar-refractivity contribution in [1.82, 2.24) is 14.6 Å². The van der Waals surface area contributed by atoms with Crippen LogP contribution in [0.25, 0.3) is 0 Å². The van der Waals surface area contributed by atoms with Crippen LogP contribution in [0.5, 0.6) is 0 Å². The van der Waals surface area contributed by atoms with Crippen LogP contribution in [0.2, 0.25) is 5.02 Å². The number of carbonyl (C=O) groups is 1. The fourth-order valence-electron chi connectivity index (χ4n) is 4.19. The van der Waals surface area contributed by atoms with E-state index in [1.807, 2.05) is 42.5 Å². The van der Waals surface area contributed by atoms with Gasteiger partial charge >= 0.3 is 29.6 Å². The Hall–Kier alpha value is -2.56. The van der Waals surface area contributed by atoms with E-state index < -0.39 is 22.0 Å². The third-order valence-electron chi connectivity index (χ3n) is 5.97. The summed E-state index contributed by atoms with van der Waals surface area (Å²) in [5.41, 5.74) is 2.96. The molecule has 0 amide bonds. The van der Waals surface area contributed by atoms with Gasteiger partial charge in [-0.1, -0.05) is 72.3 Å². The van der Waals surface area contributed by atoms with Crippen molar-refractivity contribution < 1.29 is 47.9 Å². The van der Waals surface area contributed by atoms with Gasteiger partial charge in [0.05, 0.1) is 10.9 Å². The van der Waals surface area contributed by atoms with Gasteiger partial charge in [0.25, 0.3) is 0 Å². The Morgan fingerprint density at radius 2 is 1.51 bits per heavy atom. The number of carboxylic acid groups (broad SMARTS) is 1. The van der Waals surface area contributed by atoms with E-state index in [0.717, 1.165) is 16.7 Å². The maximum Gasteiger partial charge on any atom is 1.00 e. The Kier molecular flexibility index (Phi) is 11.7. The quantitative estimate of drug-likeness (QED) is 0.251. The summed E-state index contributed by atoms with van der Waals surface area (Å²) in [6, 6.07) is 25.6. The van der Waals surface area contributed by atoms with Gasteiger partial charge in [0.15, 0.2) is 0 Å². The van der Waals surface area contributed by atoms with Gasteiger partial charge in [-0.2, -0.15) is 0 Å². The number of aromatic nitrogens is 1. The third kappa shape index (κ3) is 9.54. The fraction of sp³-hybridized carbons (Fsp3) is 0.172. The molecule has 39 heavy (non-hydrogen) atoms. The molecule has 1 aromatic heterocycles. The Morgan fingerprint density at radius 1 is 0.872 bits per heavy atom. The van der Waals surface area contributed by atoms with Gasteiger partial charge in [-0.3, -0.25) is 9.88 Å². The standard InChI is InChI=1S/C29H28ClN3O4S.Na/c30-26-12-14-28(15-13-26)38(36,37)32-27(17-22-5-2-1-3-6-22)21-33(20-24-7-4-16-31-18-24)19-23-8-10-25(11-9-23)29(34)35;/h1-16,18,27,32H,17,19-21H2,(H,34,35);/q;+1/p-1. The van der Waals surface area contributed by atoms with E-state index in [2.05, 4.69) is 14.6 Å². The zero-order chi connectivity index (χ0) is 27.0. The van der Waals surface area contributed by atoms with Gasteiger partial charge < -0.3 is 9.90 Å². The number of carbonyl (C=O) groups excluding carboxylic acids is 1. The van der Waals surface area contributed by atoms with E-state index in [9.17, 15) is 18.3 Å². The molecule has 0 saturated carbocycles. The first kappa shape index (κ1) is 31.0. The van der Waals surface area contributed by atoms with Gasteiger partial charge in [0.1, 0.15) is 0 Å². The normalized spacial score (nSPS) is 12.1. The number of sulfonamides is 1. The van der Waals surface area contributed by atoms with Crippen molar-refractivity contribution in [1.29, 1.82) is 0 Å². The molecule has 0 saturated heterocycles. The predicted molar refractivity (Wildman–Crippen MR) is 145 cm³/mol. The number of hydrogen-bond donors (Lipinski definition) is 1. The second-order valence-electron chi connectivity index (χ2n) is 8.98. The van der Waals surface area contributed by atoms with Crippen molar-refractivity contribution in [2.24, 2.45) is 0 Å². The average Bonchev–Trinajstić information content (AvgIpc) is 2.90. The Bertz CT molecular complexity index is 1440. The maximum absolute atomic E-state index is 13.3. The van der Waals surface area contributed by atoms with Crippen molar-refractivity contribution in [3.05, 3.63) is 131 Å². The largest absolute Gasteiger partial charge is 1.00 e. The molecule has 1 atom stereocenters. The van der Waals surface area contributed by atoms with E-state index in [-0.39, 0.29) is 40.0 Å². The summed E-state index contributed by atoms with van der Waals surface area (Å²) in [5.74, 6) is -1.23. The molecule has 0 fully saturated rings. The SMILES string of the molecule is O=C([O-])c1ccc(CN(Cc2cccnc2)CC(Cc2ccccc2)NS(=O)(=O)c2ccc(Cl)cc2)cc1.[Na+]. The van der Waals surface area contributed by atoms with Crippen molar-refractivity contribution in [3.63, 3.8) is 0 Å². The summed E-state index contributed by atoms with van der Waals surface area (Å²) >= 11 is 5.96. The molecule has 1 N–H and O–H groups in total. The number of halogens is 1. The number of pyridine rings is 1. The number of benzene rings is 3. The molecule has 0 spiro atoms. The zero-order valence-electron chi connectivity index (χ0n) is 21.5. The monoisotopic (exact) mass is 571 g/mol. The first-order chi connectivity index (χ1) is 18.3. The van der Waals surface area contributed by atoms with Crippen LogP contribution in [-0.2, 0) is 29.5 Å². The molecule has 3 aromatic carbocycles. The molecule has 4 aromatic rings. The number of rotatable bonds is 12. The van der Waals surface area contributed by atoms with Crippen LogP contribution in [0.15, 0.2) is 108 Å². The maximum atomic E-state index is 13.3. The minimum Gasteiger partial charge on any atom is -0.545 e. The third-order valence-corrected chi connectivity index (χ3v) is 7.76. The summed E-state index contributed by atoms with van der Waals surface area (Å²) in [4.78, 5) is 17.6. The smallest absolute Gasteiger partial charge is 0.545 e. The van der Waals surface area contributed by atoms with Crippen LogP contribution in [0, 0.1) is 0 Å². The average molecular weight is 572 g/mol. The topological polar surface area (TPSA) is 102 Å². The van der Waals surface area contributed by atoms with E-state index in [0.29, 0.717) is 31.1 Å². The number of carboxylic acids is 1. The van der Waals surface area contributed by atoms with Gasteiger partial charge in [-0.15, -0.1) is 0 Å². The molecule has 1 unspecified atom stereocenters. The summed E-state index contributed by atoms with van der Waals surface area (Å²) in [7, 11) is -3.82. The van der Waals surface area contributed by atoms with Crippen LogP contribution in [0.4, 0.5) is 0 Å². The van der Waals surface area contributed by atoms with E-state index in [1.165, 1.54) is 24.3 Å². The summed E-state index contributed by atoms with van der Waals surface area (Å²) in [5, 5.41) is 11.6. The molecular weight excluding hydrogens is 545 g/mol. The van der Waals surface area contributed by atoms with Crippen molar-refractivity contribution >= 4 is 27.6 Å². The van der Waals surface area contributed by atoms with Gasteiger partial charge in [-0.25, -0.2) is 13.1 Å². The van der Waals surface area contributed by atoms with Crippen LogP contribution in [-0.4, -0.2) is 36.9 Å². The van der Waals surface area contributed by atoms with E-state index >= 15 is 0 Å². The molecule has 196 valence electrons. The van der Waals surface area contributed by atoms with Gasteiger partial charge in [0, 0.05) is 43.1 Å². The van der Waals surface area contributed by atoms with Crippen LogP contribution in [0.1, 0.15) is 27.0 Å². The summed E-state index contributed by atoms with van der Waals surface area (Å²) < 4.78 is 29.5.